The molecule has 0 bridgehead atoms. The number of nitrogens with two attached hydrogens (primary N) is 3. The van der Waals surface area contributed by atoms with Gasteiger partial charge in [0, 0.05) is 125 Å². The normalized spacial score (nSPS) is 23.8. The minimum absolute atomic E-state index is 0.00374. The summed E-state index contributed by atoms with van der Waals surface area (Å²) >= 11 is 0.916. The van der Waals surface area contributed by atoms with Gasteiger partial charge in [-0.3, -0.25) is 81.5 Å². The zero-order valence-corrected chi connectivity index (χ0v) is 87.6. The van der Waals surface area contributed by atoms with Crippen LogP contribution in [0.15, 0.2) is 97.5 Å². The molecule has 21 N–H and O–H groups in total. The molecule has 3 aromatic carbocycles. The Bertz CT molecular complexity index is 5300. The number of aromatic nitrogens is 2. The summed E-state index contributed by atoms with van der Waals surface area (Å²) in [6.07, 6.45) is 13.3. The van der Waals surface area contributed by atoms with Gasteiger partial charge in [0.15, 0.2) is 0 Å². The molecule has 0 radical (unpaired) electrons. The first kappa shape index (κ1) is 120. The van der Waals surface area contributed by atoms with Crippen LogP contribution in [0.4, 0.5) is 0 Å². The molecule has 41 nitrogen and oxygen atoms in total. The molecule has 810 valence electrons. The average molecular weight is 2070 g/mol. The number of benzene rings is 3. The van der Waals surface area contributed by atoms with Gasteiger partial charge >= 0.3 is 11.9 Å². The Morgan fingerprint density at radius 2 is 1.06 bits per heavy atom. The van der Waals surface area contributed by atoms with E-state index in [1.54, 1.807) is 56.6 Å². The smallest absolute Gasteiger partial charge is 0.323 e. The molecule has 15 atom stereocenters. The molecule has 1 unspecified atom stereocenters. The Kier molecular flexibility index (Phi) is 48.7. The number of aliphatic hydroxyl groups is 1. The largest absolute Gasteiger partial charge is 0.508 e. The zero-order valence-electron chi connectivity index (χ0n) is 86.8. The topological polar surface area (TPSA) is 606 Å². The van der Waals surface area contributed by atoms with Crippen LogP contribution in [0.1, 0.15) is 232 Å². The van der Waals surface area contributed by atoms with Crippen molar-refractivity contribution in [3.63, 3.8) is 0 Å². The number of nitrogens with zero attached hydrogens (tertiary/aromatic N) is 6. The van der Waals surface area contributed by atoms with Crippen molar-refractivity contribution in [2.75, 3.05) is 65.4 Å². The van der Waals surface area contributed by atoms with Crippen LogP contribution in [0.3, 0.4) is 0 Å². The maximum Gasteiger partial charge on any atom is 0.323 e. The summed E-state index contributed by atoms with van der Waals surface area (Å²) in [5.74, 6) is -15.9. The van der Waals surface area contributed by atoms with Crippen LogP contribution in [0.5, 0.6) is 5.75 Å². The van der Waals surface area contributed by atoms with Crippen LogP contribution >= 0.6 is 11.8 Å². The number of aliphatic carboxylic acids is 2. The van der Waals surface area contributed by atoms with Crippen molar-refractivity contribution >= 4 is 134 Å². The van der Waals surface area contributed by atoms with E-state index >= 15 is 38.4 Å². The number of carboxylic acids is 2. The third-order valence-corrected chi connectivity index (χ3v) is 28.4. The molecule has 5 aromatic rings. The molecule has 3 saturated heterocycles. The Labute approximate surface area is 864 Å². The van der Waals surface area contributed by atoms with Gasteiger partial charge in [-0.2, -0.15) is 0 Å². The molecule has 3 aliphatic heterocycles. The van der Waals surface area contributed by atoms with E-state index in [0.717, 1.165) is 85.8 Å². The van der Waals surface area contributed by atoms with Crippen molar-refractivity contribution < 1.29 is 102 Å². The summed E-state index contributed by atoms with van der Waals surface area (Å²) in [4.78, 5) is 258. The van der Waals surface area contributed by atoms with E-state index in [-0.39, 0.29) is 132 Å². The summed E-state index contributed by atoms with van der Waals surface area (Å²) < 4.78 is 1.48. The molecule has 0 spiro atoms. The third-order valence-electron chi connectivity index (χ3n) is 27.4. The van der Waals surface area contributed by atoms with Crippen molar-refractivity contribution in [1.29, 1.82) is 0 Å². The summed E-state index contributed by atoms with van der Waals surface area (Å²) in [5, 5.41) is 70.8. The fourth-order valence-corrected chi connectivity index (χ4v) is 20.0. The number of hydrogen-bond acceptors (Lipinski definition) is 23. The highest BCUT2D eigenvalue weighted by atomic mass is 32.2. The number of thioether (sulfide) groups is 1. The number of H-pyrrole nitrogens is 1. The number of rotatable bonds is 39. The SMILES string of the molecule is C=C1N[C@@H](Cc2c[nH]c3ccccc23)C(=O)N[C@@H](CCN)C(=O)N[C@@H](Cc2cn(CC(=O)O)c3ccccc23)C(=O)N(C)[C@@H](CCCC)C(=O)N(C)[C@@H](CCCC)C(=O)N[C@@H](CC(C)C)C(=O)N[C@H](C(=O)NCCCCCCCCCCCCCCC(=O)O)CSCC(=O)N[C@@H](Cc2ccc(O)cc2)C(=O)N(C)[C@@H](C)C(=O)N[C@@H](CC(N)=O)C(=O)N2CCC[C@H]2C(=O)N[C@@H](CN)C(=O)N[C@@H](CC(C)C)C(=O)N2C[C@H](O)CC12. The quantitative estimate of drug-likeness (QED) is 0.0242. The van der Waals surface area contributed by atoms with Gasteiger partial charge in [0.2, 0.25) is 88.6 Å². The van der Waals surface area contributed by atoms with E-state index in [0.29, 0.717) is 77.0 Å². The monoisotopic (exact) mass is 2070 g/mol. The second kappa shape index (κ2) is 59.9. The average Bonchev–Trinajstić information content (AvgIpc) is 1.65. The maximum absolute atomic E-state index is 16.1. The van der Waals surface area contributed by atoms with Gasteiger partial charge < -0.3 is 125 Å². The van der Waals surface area contributed by atoms with Crippen molar-refractivity contribution in [1.82, 2.24) is 87.2 Å². The lowest BCUT2D eigenvalue weighted by atomic mass is 9.99. The number of phenolic OH excluding ortho intramolecular Hbond substituents is 1. The Hall–Kier alpha value is -12.7. The number of aromatic hydroxyl groups is 1. The van der Waals surface area contributed by atoms with Crippen molar-refractivity contribution in [3.05, 3.63) is 114 Å². The third kappa shape index (κ3) is 36.4. The molecule has 42 heteroatoms. The number of para-hydroxylation sites is 2. The first-order chi connectivity index (χ1) is 70.1. The fraction of sp³-hybridized carbons (Fsp3) is 0.610. The number of fused-ring (bicyclic) bond motifs is 4. The Morgan fingerprint density at radius 3 is 1.69 bits per heavy atom. The van der Waals surface area contributed by atoms with Gasteiger partial charge in [-0.05, 0) is 124 Å². The number of carbonyl (C=O) groups excluding carboxylic acids is 15. The number of amides is 15. The lowest BCUT2D eigenvalue weighted by molar-refractivity contribution is -0.149. The second-order valence-corrected chi connectivity index (χ2v) is 41.0. The van der Waals surface area contributed by atoms with E-state index < -0.39 is 216 Å². The summed E-state index contributed by atoms with van der Waals surface area (Å²) in [6, 6.07) is -0.0874. The van der Waals surface area contributed by atoms with Crippen LogP contribution in [-0.4, -0.2) is 311 Å². The summed E-state index contributed by atoms with van der Waals surface area (Å²) in [6.45, 7) is 15.2. The zero-order chi connectivity index (χ0) is 108. The van der Waals surface area contributed by atoms with Crippen molar-refractivity contribution in [3.8, 4) is 5.75 Å². The number of nitrogens with one attached hydrogen (secondary N) is 11. The molecular weight excluding hydrogens is 1910 g/mol. The molecule has 3 fully saturated rings. The molecule has 147 heavy (non-hydrogen) atoms. The number of unbranched alkanes of at least 4 members (excludes halogenated alkanes) is 13. The number of likely N-dealkylation sites (N-methyl/N-ethyl adjacent to an activating group) is 3. The molecule has 0 saturated carbocycles. The highest BCUT2D eigenvalue weighted by Crippen LogP contribution is 2.31. The van der Waals surface area contributed by atoms with Crippen LogP contribution < -0.4 is 70.4 Å². The predicted octanol–water partition coefficient (Wildman–Crippen LogP) is 4.42. The van der Waals surface area contributed by atoms with Crippen LogP contribution in [-0.2, 0) is 107 Å². The number of aliphatic hydroxyl groups excluding tert-OH is 1. The highest BCUT2D eigenvalue weighted by Gasteiger charge is 2.46. The minimum atomic E-state index is -1.74. The standard InChI is InChI=1S/C105H158N20O21S/c1-12-14-36-85-99(140)114-76(49-63(3)4)96(137)119-83(94(135)109-47-31-25-23-21-19-17-16-18-20-22-24-26-40-91(130)131)61-147-62-90(129)112-79(51-67-41-43-70(126)44-42-67)101(142)120(9)66(8)93(134)115-81(55-89(108)128)103(144)124-48-32-39-86(124)100(141)118-82(56-107)98(139)116-78(50-64(5)6)104(145)125-59-71(127)54-88(125)65(7)111-77(52-68-57-110-74-35-29-27-33-72(68)74)97(138)113-75(45-46-106)95(136)117-80(102(143)122(11)87(37-15-13-2)105(146)121(85)10)53-69-58-123(60-92(132)133)84-38-30-28-34-73(69)84/h27-30,33-35,38,41-44,57-58,63-64,66,71,75-83,85-88,110-111,126-127H,7,12-26,31-32,36-37,39-40,45-56,59-62,106-107H2,1-6,8-11H3,(H2,108,128)(H,109,135)(H,112,129)(H,113,138)(H,114,140)(H,115,134)(H,116,139)(H,117,136)(H,118,141)(H,119,137)(H,130,131)(H,132,133)/t66-,71+,75-,76-,77-,78-,79-,80-,81-,82-,83-,85-,86-,87-,88?/m0/s1. The highest BCUT2D eigenvalue weighted by molar-refractivity contribution is 8.00. The van der Waals surface area contributed by atoms with E-state index in [4.69, 9.17) is 22.3 Å². The first-order valence-electron chi connectivity index (χ1n) is 51.9. The van der Waals surface area contributed by atoms with Gasteiger partial charge in [0.25, 0.3) is 0 Å². The number of carboxylic acid groups (broad SMARTS) is 2. The van der Waals surface area contributed by atoms with Crippen LogP contribution in [0.25, 0.3) is 21.8 Å². The number of phenols is 1. The molecule has 8 rings (SSSR count). The number of aromatic amines is 1. The second-order valence-electron chi connectivity index (χ2n) is 40.0. The van der Waals surface area contributed by atoms with Crippen molar-refractivity contribution in [2.24, 2.45) is 29.0 Å². The molecule has 15 amide bonds. The predicted molar refractivity (Wildman–Crippen MR) is 557 cm³/mol. The molecule has 0 aliphatic carbocycles. The maximum atomic E-state index is 16.1. The Balaban J connectivity index is 1.18. The van der Waals surface area contributed by atoms with Crippen molar-refractivity contribution in [2.45, 2.75) is 332 Å². The van der Waals surface area contributed by atoms with E-state index in [9.17, 15) is 58.5 Å². The van der Waals surface area contributed by atoms with Gasteiger partial charge in [-0.15, -0.1) is 11.8 Å². The van der Waals surface area contributed by atoms with E-state index in [1.165, 1.54) is 71.6 Å². The molecule has 2 aromatic heterocycles. The molecular formula is C105H158N20O21S. The number of hydrogen-bond donors (Lipinski definition) is 18. The summed E-state index contributed by atoms with van der Waals surface area (Å²) in [7, 11) is 4.07. The lowest BCUT2D eigenvalue weighted by Gasteiger charge is -2.36. The van der Waals surface area contributed by atoms with Crippen LogP contribution in [0, 0.1) is 11.8 Å². The number of primary amides is 1. The lowest BCUT2D eigenvalue weighted by Crippen LogP contribution is -2.61. The first-order valence-corrected chi connectivity index (χ1v) is 53.1. The van der Waals surface area contributed by atoms with E-state index in [2.05, 4.69) is 64.7 Å². The van der Waals surface area contributed by atoms with Gasteiger partial charge in [0.05, 0.1) is 24.3 Å². The molecule has 3 aliphatic rings. The minimum Gasteiger partial charge on any atom is -0.508 e. The van der Waals surface area contributed by atoms with Gasteiger partial charge in [-0.1, -0.05) is 187 Å². The Morgan fingerprint density at radius 1 is 0.524 bits per heavy atom. The number of carbonyl (C=O) groups is 17. The van der Waals surface area contributed by atoms with Gasteiger partial charge in [-0.25, -0.2) is 0 Å². The van der Waals surface area contributed by atoms with Gasteiger partial charge in [0.1, 0.15) is 90.8 Å². The van der Waals surface area contributed by atoms with Crippen LogP contribution in [0.2, 0.25) is 0 Å². The fourth-order valence-electron chi connectivity index (χ4n) is 19.1. The van der Waals surface area contributed by atoms with E-state index in [1.807, 2.05) is 45.9 Å². The molecule has 5 heterocycles. The summed E-state index contributed by atoms with van der Waals surface area (Å²) in [5.41, 5.74) is 21.0.